The Balaban J connectivity index is 1.44. The molecule has 0 saturated heterocycles. The van der Waals surface area contributed by atoms with E-state index in [0.717, 1.165) is 42.6 Å². The van der Waals surface area contributed by atoms with E-state index in [1.807, 2.05) is 35.8 Å². The van der Waals surface area contributed by atoms with E-state index in [1.165, 1.54) is 28.0 Å². The highest BCUT2D eigenvalue weighted by Gasteiger charge is 2.27. The highest BCUT2D eigenvalue weighted by atomic mass is 35.5. The fourth-order valence-corrected chi connectivity index (χ4v) is 6.27. The molecule has 0 fully saturated rings. The number of amides is 1. The second kappa shape index (κ2) is 11.4. The van der Waals surface area contributed by atoms with Gasteiger partial charge in [-0.1, -0.05) is 35.5 Å². The van der Waals surface area contributed by atoms with E-state index >= 15 is 0 Å². The minimum Gasteiger partial charge on any atom is -0.462 e. The van der Waals surface area contributed by atoms with Gasteiger partial charge in [0, 0.05) is 22.9 Å². The number of benzene rings is 1. The van der Waals surface area contributed by atoms with Crippen molar-refractivity contribution in [2.45, 2.75) is 57.7 Å². The van der Waals surface area contributed by atoms with Gasteiger partial charge in [0.15, 0.2) is 5.16 Å². The van der Waals surface area contributed by atoms with Crippen molar-refractivity contribution < 1.29 is 14.3 Å². The van der Waals surface area contributed by atoms with Gasteiger partial charge in [-0.05, 0) is 62.8 Å². The Labute approximate surface area is 212 Å². The molecular formula is C24H27ClN4O3S2. The number of rotatable bonds is 9. The summed E-state index contributed by atoms with van der Waals surface area (Å²) in [4.78, 5) is 26.6. The molecule has 0 atom stereocenters. The summed E-state index contributed by atoms with van der Waals surface area (Å²) >= 11 is 8.81. The van der Waals surface area contributed by atoms with Gasteiger partial charge in [0.25, 0.3) is 0 Å². The zero-order valence-electron chi connectivity index (χ0n) is 19.2. The Hall–Kier alpha value is -2.36. The van der Waals surface area contributed by atoms with E-state index in [2.05, 4.69) is 15.5 Å². The molecule has 0 bridgehead atoms. The molecule has 180 valence electrons. The Morgan fingerprint density at radius 3 is 2.68 bits per heavy atom. The van der Waals surface area contributed by atoms with Crippen molar-refractivity contribution in [2.24, 2.45) is 0 Å². The van der Waals surface area contributed by atoms with Crippen LogP contribution in [-0.4, -0.2) is 39.0 Å². The first-order valence-corrected chi connectivity index (χ1v) is 13.6. The van der Waals surface area contributed by atoms with Crippen LogP contribution in [0.3, 0.4) is 0 Å². The van der Waals surface area contributed by atoms with Gasteiger partial charge in [-0.2, -0.15) is 0 Å². The molecule has 1 aliphatic rings. The molecule has 1 N–H and O–H groups in total. The molecule has 0 radical (unpaired) electrons. The van der Waals surface area contributed by atoms with Gasteiger partial charge in [0.2, 0.25) is 5.91 Å². The standard InChI is InChI=1S/C24H27ClN4O3S2/c1-3-29-19(13-15-9-11-16(25)12-10-15)27-28-24(29)33-14-20(30)26-22-21(23(31)32-4-2)17-7-5-6-8-18(17)34-22/h9-12H,3-8,13-14H2,1-2H3,(H,26,30). The summed E-state index contributed by atoms with van der Waals surface area (Å²) in [6, 6.07) is 7.66. The van der Waals surface area contributed by atoms with Crippen molar-refractivity contribution in [1.82, 2.24) is 14.8 Å². The zero-order chi connectivity index (χ0) is 24.1. The Morgan fingerprint density at radius 2 is 1.94 bits per heavy atom. The van der Waals surface area contributed by atoms with Crippen molar-refractivity contribution in [1.29, 1.82) is 0 Å². The predicted molar refractivity (Wildman–Crippen MR) is 136 cm³/mol. The first-order valence-electron chi connectivity index (χ1n) is 11.4. The number of hydrogen-bond donors (Lipinski definition) is 1. The monoisotopic (exact) mass is 518 g/mol. The number of nitrogens with zero attached hydrogens (tertiary/aromatic N) is 3. The highest BCUT2D eigenvalue weighted by molar-refractivity contribution is 7.99. The maximum Gasteiger partial charge on any atom is 0.341 e. The van der Waals surface area contributed by atoms with E-state index in [4.69, 9.17) is 16.3 Å². The van der Waals surface area contributed by atoms with E-state index < -0.39 is 0 Å². The first-order chi connectivity index (χ1) is 16.5. The molecule has 10 heteroatoms. The average molecular weight is 519 g/mol. The van der Waals surface area contributed by atoms with Gasteiger partial charge < -0.3 is 14.6 Å². The van der Waals surface area contributed by atoms with Crippen LogP contribution < -0.4 is 5.32 Å². The van der Waals surface area contributed by atoms with Crippen LogP contribution in [0.5, 0.6) is 0 Å². The van der Waals surface area contributed by atoms with E-state index in [1.54, 1.807) is 6.92 Å². The van der Waals surface area contributed by atoms with Crippen LogP contribution in [0.15, 0.2) is 29.4 Å². The lowest BCUT2D eigenvalue weighted by Gasteiger charge is -2.12. The maximum absolute atomic E-state index is 12.8. The van der Waals surface area contributed by atoms with Crippen LogP contribution in [0, 0.1) is 0 Å². The summed E-state index contributed by atoms with van der Waals surface area (Å²) in [5.74, 6) is 0.467. The number of thioether (sulfide) groups is 1. The lowest BCUT2D eigenvalue weighted by Crippen LogP contribution is -2.17. The third kappa shape index (κ3) is 5.64. The first kappa shape index (κ1) is 24.8. The van der Waals surface area contributed by atoms with E-state index in [9.17, 15) is 9.59 Å². The molecule has 2 aromatic heterocycles. The molecule has 2 heterocycles. The molecule has 1 aliphatic carbocycles. The number of hydrogen-bond acceptors (Lipinski definition) is 7. The molecule has 7 nitrogen and oxygen atoms in total. The van der Waals surface area contributed by atoms with Gasteiger partial charge in [0.05, 0.1) is 17.9 Å². The van der Waals surface area contributed by atoms with Crippen LogP contribution >= 0.6 is 34.7 Å². The largest absolute Gasteiger partial charge is 0.462 e. The van der Waals surface area contributed by atoms with E-state index in [0.29, 0.717) is 40.3 Å². The summed E-state index contributed by atoms with van der Waals surface area (Å²) in [5.41, 5.74) is 2.66. The smallest absolute Gasteiger partial charge is 0.341 e. The Kier molecular flexibility index (Phi) is 8.28. The SMILES string of the molecule is CCOC(=O)c1c(NC(=O)CSc2nnc(Cc3ccc(Cl)cc3)n2CC)sc2c1CCCC2. The number of thiophene rings is 1. The summed E-state index contributed by atoms with van der Waals surface area (Å²) in [5, 5.41) is 13.6. The molecule has 1 aromatic carbocycles. The quantitative estimate of drug-likeness (QED) is 0.302. The van der Waals surface area contributed by atoms with Gasteiger partial charge in [-0.3, -0.25) is 4.79 Å². The molecule has 1 amide bonds. The fraction of sp³-hybridized carbons (Fsp3) is 0.417. The Bertz CT molecular complexity index is 1170. The van der Waals surface area contributed by atoms with Crippen LogP contribution in [0.25, 0.3) is 0 Å². The third-order valence-electron chi connectivity index (χ3n) is 5.62. The topological polar surface area (TPSA) is 86.1 Å². The number of halogens is 1. The minimum atomic E-state index is -0.359. The van der Waals surface area contributed by atoms with Crippen molar-refractivity contribution in [3.8, 4) is 0 Å². The van der Waals surface area contributed by atoms with Crippen LogP contribution in [-0.2, 0) is 35.3 Å². The summed E-state index contributed by atoms with van der Waals surface area (Å²) in [7, 11) is 0. The van der Waals surface area contributed by atoms with E-state index in [-0.39, 0.29) is 17.6 Å². The minimum absolute atomic E-state index is 0.171. The number of carbonyl (C=O) groups is 2. The number of esters is 1. The van der Waals surface area contributed by atoms with Crippen molar-refractivity contribution in [3.05, 3.63) is 56.7 Å². The lowest BCUT2D eigenvalue weighted by molar-refractivity contribution is -0.113. The van der Waals surface area contributed by atoms with Crippen molar-refractivity contribution in [3.63, 3.8) is 0 Å². The van der Waals surface area contributed by atoms with Gasteiger partial charge in [-0.15, -0.1) is 21.5 Å². The van der Waals surface area contributed by atoms with Gasteiger partial charge in [-0.25, -0.2) is 4.79 Å². The number of nitrogens with one attached hydrogen (secondary N) is 1. The predicted octanol–water partition coefficient (Wildman–Crippen LogP) is 5.39. The number of fused-ring (bicyclic) bond motifs is 1. The Morgan fingerprint density at radius 1 is 1.18 bits per heavy atom. The average Bonchev–Trinajstić information content (AvgIpc) is 3.39. The number of aryl methyl sites for hydroxylation is 1. The molecule has 4 rings (SSSR count). The summed E-state index contributed by atoms with van der Waals surface area (Å²) in [6.45, 7) is 4.82. The molecular weight excluding hydrogens is 492 g/mol. The summed E-state index contributed by atoms with van der Waals surface area (Å²) in [6.07, 6.45) is 4.57. The number of ether oxygens (including phenoxy) is 1. The molecule has 0 unspecified atom stereocenters. The van der Waals surface area contributed by atoms with Gasteiger partial charge >= 0.3 is 5.97 Å². The number of aromatic nitrogens is 3. The van der Waals surface area contributed by atoms with Crippen LogP contribution in [0.4, 0.5) is 5.00 Å². The molecule has 0 aliphatic heterocycles. The fourth-order valence-electron chi connectivity index (χ4n) is 4.02. The normalized spacial score (nSPS) is 12.9. The van der Waals surface area contributed by atoms with Gasteiger partial charge in [0.1, 0.15) is 10.8 Å². The summed E-state index contributed by atoms with van der Waals surface area (Å²) < 4.78 is 7.29. The third-order valence-corrected chi connectivity index (χ3v) is 8.05. The molecule has 0 saturated carbocycles. The molecule has 3 aromatic rings. The number of carbonyl (C=O) groups excluding carboxylic acids is 2. The highest BCUT2D eigenvalue weighted by Crippen LogP contribution is 2.38. The molecule has 0 spiro atoms. The van der Waals surface area contributed by atoms with Crippen molar-refractivity contribution >= 4 is 51.6 Å². The lowest BCUT2D eigenvalue weighted by atomic mass is 9.95. The van der Waals surface area contributed by atoms with Crippen molar-refractivity contribution in [2.75, 3.05) is 17.7 Å². The second-order valence-electron chi connectivity index (χ2n) is 7.92. The maximum atomic E-state index is 12.8. The van der Waals surface area contributed by atoms with Crippen LogP contribution in [0.2, 0.25) is 5.02 Å². The second-order valence-corrected chi connectivity index (χ2v) is 10.4. The zero-order valence-corrected chi connectivity index (χ0v) is 21.6. The number of anilines is 1. The van der Waals surface area contributed by atoms with Crippen LogP contribution in [0.1, 0.15) is 58.9 Å². The molecule has 34 heavy (non-hydrogen) atoms.